The first-order valence-corrected chi connectivity index (χ1v) is 5.84. The lowest BCUT2D eigenvalue weighted by molar-refractivity contribution is 0.409. The zero-order valence-corrected chi connectivity index (χ0v) is 11.0. The van der Waals surface area contributed by atoms with Crippen molar-refractivity contribution in [3.8, 4) is 0 Å². The molecule has 20 heavy (non-hydrogen) atoms. The Morgan fingerprint density at radius 2 is 1.65 bits per heavy atom. The van der Waals surface area contributed by atoms with E-state index in [-0.39, 0.29) is 0 Å². The van der Waals surface area contributed by atoms with Crippen molar-refractivity contribution >= 4 is 5.69 Å². The topological polar surface area (TPSA) is 38.1 Å². The summed E-state index contributed by atoms with van der Waals surface area (Å²) >= 11 is 0. The van der Waals surface area contributed by atoms with Gasteiger partial charge < -0.3 is 9.73 Å². The molecule has 1 N–H and O–H groups in total. The quantitative estimate of drug-likeness (QED) is 0.684. The van der Waals surface area contributed by atoms with E-state index >= 15 is 0 Å². The predicted octanol–water partition coefficient (Wildman–Crippen LogP) is 4.02. The van der Waals surface area contributed by atoms with Gasteiger partial charge in [-0.1, -0.05) is 0 Å². The van der Waals surface area contributed by atoms with E-state index < -0.39 is 35.3 Å². The molecule has 108 valence electrons. The van der Waals surface area contributed by atoms with Crippen LogP contribution in [-0.4, -0.2) is 4.98 Å². The van der Waals surface area contributed by atoms with E-state index in [2.05, 4.69) is 10.3 Å². The van der Waals surface area contributed by atoms with E-state index in [1.807, 2.05) is 0 Å². The van der Waals surface area contributed by atoms with Crippen molar-refractivity contribution in [3.05, 3.63) is 46.7 Å². The lowest BCUT2D eigenvalue weighted by Crippen LogP contribution is -2.13. The molecule has 1 atom stereocenters. The molecule has 7 heteroatoms. The summed E-state index contributed by atoms with van der Waals surface area (Å²) in [4.78, 5) is 2.49. The fourth-order valence-corrected chi connectivity index (χ4v) is 1.99. The van der Waals surface area contributed by atoms with Crippen molar-refractivity contribution in [2.45, 2.75) is 26.8 Å². The number of anilines is 1. The highest BCUT2D eigenvalue weighted by atomic mass is 19.2. The van der Waals surface area contributed by atoms with Gasteiger partial charge in [-0.05, 0) is 26.8 Å². The molecule has 2 heterocycles. The Morgan fingerprint density at radius 1 is 1.10 bits per heavy atom. The molecule has 2 aromatic heterocycles. The Kier molecular flexibility index (Phi) is 3.69. The highest BCUT2D eigenvalue weighted by molar-refractivity contribution is 5.47. The molecular formula is C13H12F4N2O. The number of nitrogens with one attached hydrogen (secondary N) is 1. The Hall–Kier alpha value is -2.05. The van der Waals surface area contributed by atoms with E-state index in [0.717, 1.165) is 0 Å². The molecule has 0 aliphatic carbocycles. The zero-order chi connectivity index (χ0) is 15.0. The molecule has 3 nitrogen and oxygen atoms in total. The van der Waals surface area contributed by atoms with Crippen LogP contribution >= 0.6 is 0 Å². The molecule has 0 saturated heterocycles. The van der Waals surface area contributed by atoms with Gasteiger partial charge in [0.25, 0.3) is 11.9 Å². The number of hydrogen-bond acceptors (Lipinski definition) is 3. The summed E-state index contributed by atoms with van der Waals surface area (Å²) in [6.07, 6.45) is 0. The molecule has 0 spiro atoms. The van der Waals surface area contributed by atoms with Crippen LogP contribution in [-0.2, 0) is 0 Å². The predicted molar refractivity (Wildman–Crippen MR) is 64.3 cm³/mol. The maximum atomic E-state index is 13.5. The minimum Gasteiger partial charge on any atom is -0.466 e. The Morgan fingerprint density at radius 3 is 2.10 bits per heavy atom. The third-order valence-electron chi connectivity index (χ3n) is 2.90. The first kappa shape index (κ1) is 14.4. The van der Waals surface area contributed by atoms with E-state index in [9.17, 15) is 17.6 Å². The van der Waals surface area contributed by atoms with Gasteiger partial charge in [-0.3, -0.25) is 0 Å². The summed E-state index contributed by atoms with van der Waals surface area (Å²) in [5.41, 5.74) is -0.250. The van der Waals surface area contributed by atoms with Crippen LogP contribution in [0.1, 0.15) is 30.0 Å². The average molecular weight is 288 g/mol. The van der Waals surface area contributed by atoms with Crippen LogP contribution in [0.2, 0.25) is 0 Å². The monoisotopic (exact) mass is 288 g/mol. The van der Waals surface area contributed by atoms with Crippen molar-refractivity contribution in [1.82, 2.24) is 4.98 Å². The third kappa shape index (κ3) is 2.48. The highest BCUT2D eigenvalue weighted by Crippen LogP contribution is 2.29. The largest absolute Gasteiger partial charge is 0.466 e. The average Bonchev–Trinajstić information content (AvgIpc) is 2.71. The van der Waals surface area contributed by atoms with Crippen molar-refractivity contribution < 1.29 is 22.0 Å². The highest BCUT2D eigenvalue weighted by Gasteiger charge is 2.23. The summed E-state index contributed by atoms with van der Waals surface area (Å²) < 4.78 is 58.3. The normalized spacial score (nSPS) is 12.6. The van der Waals surface area contributed by atoms with Gasteiger partial charge in [-0.15, -0.1) is 0 Å². The van der Waals surface area contributed by atoms with Crippen LogP contribution in [0.3, 0.4) is 0 Å². The molecule has 2 rings (SSSR count). The summed E-state index contributed by atoms with van der Waals surface area (Å²) in [7, 11) is 0. The van der Waals surface area contributed by atoms with Crippen LogP contribution in [0.25, 0.3) is 0 Å². The summed E-state index contributed by atoms with van der Waals surface area (Å²) in [6.45, 7) is 4.99. The van der Waals surface area contributed by atoms with Gasteiger partial charge in [0.05, 0.1) is 6.04 Å². The van der Waals surface area contributed by atoms with Crippen molar-refractivity contribution in [2.24, 2.45) is 0 Å². The molecule has 0 fully saturated rings. The summed E-state index contributed by atoms with van der Waals surface area (Å²) in [5, 5.41) is 2.40. The number of aryl methyl sites for hydroxylation is 2. The van der Waals surface area contributed by atoms with Crippen LogP contribution < -0.4 is 5.32 Å². The molecular weight excluding hydrogens is 276 g/mol. The molecule has 0 saturated carbocycles. The van der Waals surface area contributed by atoms with Crippen molar-refractivity contribution in [1.29, 1.82) is 0 Å². The smallest absolute Gasteiger partial charge is 0.253 e. The molecule has 2 aromatic rings. The van der Waals surface area contributed by atoms with Gasteiger partial charge in [0.1, 0.15) is 17.2 Å². The lowest BCUT2D eigenvalue weighted by Gasteiger charge is -2.16. The fraction of sp³-hybridized carbons (Fsp3) is 0.308. The van der Waals surface area contributed by atoms with Gasteiger partial charge >= 0.3 is 0 Å². The second-order valence-electron chi connectivity index (χ2n) is 4.43. The Bertz CT molecular complexity index is 628. The molecule has 0 aromatic carbocycles. The molecule has 0 radical (unpaired) electrons. The molecule has 0 aliphatic rings. The van der Waals surface area contributed by atoms with Crippen molar-refractivity contribution in [3.63, 3.8) is 0 Å². The first-order valence-electron chi connectivity index (χ1n) is 5.84. The maximum Gasteiger partial charge on any atom is 0.253 e. The molecule has 0 amide bonds. The minimum absolute atomic E-state index is 0.554. The van der Waals surface area contributed by atoms with Gasteiger partial charge in [-0.25, -0.2) is 0 Å². The fourth-order valence-electron chi connectivity index (χ4n) is 1.99. The number of furan rings is 1. The second-order valence-corrected chi connectivity index (χ2v) is 4.43. The molecule has 1 unspecified atom stereocenters. The molecule has 0 aliphatic heterocycles. The zero-order valence-electron chi connectivity index (χ0n) is 11.0. The van der Waals surface area contributed by atoms with Gasteiger partial charge in [0, 0.05) is 5.56 Å². The number of aromatic nitrogens is 1. The Balaban J connectivity index is 2.37. The van der Waals surface area contributed by atoms with E-state index in [1.54, 1.807) is 26.8 Å². The number of halogens is 4. The summed E-state index contributed by atoms with van der Waals surface area (Å²) in [5.74, 6) is -5.34. The van der Waals surface area contributed by atoms with E-state index in [4.69, 9.17) is 4.42 Å². The van der Waals surface area contributed by atoms with Crippen LogP contribution in [0.5, 0.6) is 0 Å². The summed E-state index contributed by atoms with van der Waals surface area (Å²) in [6, 6.07) is 1.08. The second kappa shape index (κ2) is 5.15. The first-order chi connectivity index (χ1) is 9.31. The SMILES string of the molecule is Cc1cc(C(C)Nc2c(F)c(F)nc(F)c2F)c(C)o1. The van der Waals surface area contributed by atoms with E-state index in [0.29, 0.717) is 17.1 Å². The van der Waals surface area contributed by atoms with Crippen LogP contribution in [0, 0.1) is 37.4 Å². The lowest BCUT2D eigenvalue weighted by atomic mass is 10.1. The standard InChI is InChI=1S/C13H12F4N2O/c1-5-4-8(7(3)20-5)6(2)18-11-9(14)12(16)19-13(17)10(11)15/h4,6H,1-3H3,(H,18,19). The van der Waals surface area contributed by atoms with E-state index in [1.165, 1.54) is 0 Å². The number of pyridine rings is 1. The van der Waals surface area contributed by atoms with Crippen molar-refractivity contribution in [2.75, 3.05) is 5.32 Å². The van der Waals surface area contributed by atoms with Gasteiger partial charge in [-0.2, -0.15) is 22.5 Å². The van der Waals surface area contributed by atoms with Gasteiger partial charge in [0.15, 0.2) is 0 Å². The number of hydrogen-bond donors (Lipinski definition) is 1. The third-order valence-corrected chi connectivity index (χ3v) is 2.90. The Labute approximate surface area is 112 Å². The minimum atomic E-state index is -1.70. The van der Waals surface area contributed by atoms with Crippen LogP contribution in [0.15, 0.2) is 10.5 Å². The maximum absolute atomic E-state index is 13.5. The van der Waals surface area contributed by atoms with Gasteiger partial charge in [0.2, 0.25) is 11.6 Å². The number of rotatable bonds is 3. The molecule has 0 bridgehead atoms. The van der Waals surface area contributed by atoms with Crippen LogP contribution in [0.4, 0.5) is 23.2 Å². The number of nitrogens with zero attached hydrogens (tertiary/aromatic N) is 1.